The Morgan fingerprint density at radius 2 is 1.48 bits per heavy atom. The van der Waals surface area contributed by atoms with Gasteiger partial charge in [0.2, 0.25) is 0 Å². The zero-order valence-corrected chi connectivity index (χ0v) is 16.9. The van der Waals surface area contributed by atoms with Crippen LogP contribution in [0.2, 0.25) is 0 Å². The summed E-state index contributed by atoms with van der Waals surface area (Å²) in [6.07, 6.45) is 1.66. The van der Waals surface area contributed by atoms with Gasteiger partial charge in [-0.05, 0) is 43.9 Å². The maximum Gasteiger partial charge on any atom is 0.405 e. The molecule has 2 N–H and O–H groups in total. The Kier molecular flexibility index (Phi) is 12.0. The fourth-order valence-electron chi connectivity index (χ4n) is 2.08. The normalized spacial score (nSPS) is 9.67. The van der Waals surface area contributed by atoms with E-state index in [0.717, 1.165) is 0 Å². The van der Waals surface area contributed by atoms with E-state index in [1.807, 2.05) is 0 Å². The van der Waals surface area contributed by atoms with Crippen molar-refractivity contribution in [3.63, 3.8) is 0 Å². The molecule has 0 radical (unpaired) electrons. The number of benzene rings is 2. The zero-order valence-electron chi connectivity index (χ0n) is 16.9. The van der Waals surface area contributed by atoms with E-state index in [9.17, 15) is 4.79 Å². The fourth-order valence-corrected chi connectivity index (χ4v) is 2.08. The summed E-state index contributed by atoms with van der Waals surface area (Å²) in [6, 6.07) is 19.4. The lowest BCUT2D eigenvalue weighted by atomic mass is 10.0. The minimum Gasteiger partial charge on any atom is -0.471 e. The first kappa shape index (κ1) is 24.2. The number of ether oxygens (including phenoxy) is 2. The Hall–Kier alpha value is -2.82. The van der Waals surface area contributed by atoms with Gasteiger partial charge in [0, 0.05) is 0 Å². The quantitative estimate of drug-likeness (QED) is 0.767. The number of aryl methyl sites for hydroxylation is 1. The number of amides is 1. The Morgan fingerprint density at radius 3 is 1.81 bits per heavy atom. The smallest absolute Gasteiger partial charge is 0.405 e. The highest BCUT2D eigenvalue weighted by Gasteiger charge is 2.12. The molecule has 27 heavy (non-hydrogen) atoms. The van der Waals surface area contributed by atoms with Crippen LogP contribution in [0.4, 0.5) is 4.79 Å². The molecule has 0 heterocycles. The number of hydrogen-bond donors (Lipinski definition) is 1. The van der Waals surface area contributed by atoms with Crippen molar-refractivity contribution in [1.82, 2.24) is 0 Å². The first-order valence-electron chi connectivity index (χ1n) is 8.82. The SMILES string of the molecule is CC(C)(C)OC(N)=O.CCCc1ccc(-c2ccccc2)cc1.COC=O. The second-order valence-corrected chi connectivity index (χ2v) is 6.68. The van der Waals surface area contributed by atoms with Crippen LogP contribution in [0.3, 0.4) is 0 Å². The number of methoxy groups -OCH3 is 1. The highest BCUT2D eigenvalue weighted by atomic mass is 16.6. The van der Waals surface area contributed by atoms with Crippen LogP contribution in [-0.2, 0) is 20.7 Å². The van der Waals surface area contributed by atoms with Crippen molar-refractivity contribution >= 4 is 12.6 Å². The molecule has 2 rings (SSSR count). The summed E-state index contributed by atoms with van der Waals surface area (Å²) in [6.45, 7) is 7.87. The Bertz CT molecular complexity index is 646. The summed E-state index contributed by atoms with van der Waals surface area (Å²) in [5, 5.41) is 0. The molecule has 148 valence electrons. The summed E-state index contributed by atoms with van der Waals surface area (Å²) < 4.78 is 8.44. The van der Waals surface area contributed by atoms with Gasteiger partial charge in [-0.2, -0.15) is 0 Å². The Morgan fingerprint density at radius 1 is 1.00 bits per heavy atom. The van der Waals surface area contributed by atoms with Gasteiger partial charge in [0.15, 0.2) is 0 Å². The topological polar surface area (TPSA) is 78.6 Å². The van der Waals surface area contributed by atoms with E-state index < -0.39 is 11.7 Å². The van der Waals surface area contributed by atoms with Crippen LogP contribution in [-0.4, -0.2) is 25.3 Å². The maximum absolute atomic E-state index is 10.0. The molecular formula is C22H31NO4. The van der Waals surface area contributed by atoms with E-state index in [1.165, 1.54) is 36.6 Å². The minimum atomic E-state index is -0.725. The van der Waals surface area contributed by atoms with Gasteiger partial charge in [-0.3, -0.25) is 4.79 Å². The molecule has 0 fully saturated rings. The van der Waals surface area contributed by atoms with E-state index in [4.69, 9.17) is 10.5 Å². The van der Waals surface area contributed by atoms with Crippen molar-refractivity contribution in [3.05, 3.63) is 60.2 Å². The molecular weight excluding hydrogens is 342 g/mol. The van der Waals surface area contributed by atoms with E-state index in [0.29, 0.717) is 6.47 Å². The number of primary amides is 1. The molecule has 0 aliphatic rings. The molecule has 0 aliphatic heterocycles. The third-order valence-electron chi connectivity index (χ3n) is 3.10. The summed E-state index contributed by atoms with van der Waals surface area (Å²) >= 11 is 0. The first-order chi connectivity index (χ1) is 12.7. The lowest BCUT2D eigenvalue weighted by molar-refractivity contribution is -0.126. The molecule has 2 aromatic carbocycles. The van der Waals surface area contributed by atoms with Crippen LogP contribution in [0.5, 0.6) is 0 Å². The van der Waals surface area contributed by atoms with Gasteiger partial charge < -0.3 is 15.2 Å². The predicted molar refractivity (Wildman–Crippen MR) is 109 cm³/mol. The Balaban J connectivity index is 0.000000476. The molecule has 0 bridgehead atoms. The number of carbonyl (C=O) groups is 2. The highest BCUT2D eigenvalue weighted by Crippen LogP contribution is 2.19. The van der Waals surface area contributed by atoms with Gasteiger partial charge in [-0.15, -0.1) is 0 Å². The van der Waals surface area contributed by atoms with Crippen molar-refractivity contribution in [2.24, 2.45) is 5.73 Å². The minimum absolute atomic E-state index is 0.375. The molecule has 0 saturated carbocycles. The summed E-state index contributed by atoms with van der Waals surface area (Å²) in [5.74, 6) is 0. The largest absolute Gasteiger partial charge is 0.471 e. The monoisotopic (exact) mass is 373 g/mol. The zero-order chi connectivity index (χ0) is 20.7. The third-order valence-corrected chi connectivity index (χ3v) is 3.10. The van der Waals surface area contributed by atoms with Crippen LogP contribution in [0.25, 0.3) is 11.1 Å². The average molecular weight is 373 g/mol. The molecule has 0 aliphatic carbocycles. The Labute approximate surface area is 162 Å². The number of hydrogen-bond acceptors (Lipinski definition) is 4. The van der Waals surface area contributed by atoms with Gasteiger partial charge in [-0.1, -0.05) is 67.9 Å². The molecule has 0 spiro atoms. The molecule has 2 aromatic rings. The second-order valence-electron chi connectivity index (χ2n) is 6.68. The van der Waals surface area contributed by atoms with Crippen molar-refractivity contribution in [1.29, 1.82) is 0 Å². The number of nitrogens with two attached hydrogens (primary N) is 1. The average Bonchev–Trinajstić information content (AvgIpc) is 2.62. The van der Waals surface area contributed by atoms with E-state index in [-0.39, 0.29) is 0 Å². The van der Waals surface area contributed by atoms with E-state index >= 15 is 0 Å². The van der Waals surface area contributed by atoms with Crippen molar-refractivity contribution in [2.75, 3.05) is 7.11 Å². The standard InChI is InChI=1S/C15H16.C5H11NO2.C2H4O2/c1-2-6-13-9-11-15(12-10-13)14-7-4-3-5-8-14;1-5(2,3)8-4(6)7;1-4-2-3/h3-5,7-12H,2,6H2,1H3;1-3H3,(H2,6,7);2H,1H3. The highest BCUT2D eigenvalue weighted by molar-refractivity contribution is 5.65. The number of rotatable bonds is 4. The number of carbonyl (C=O) groups excluding carboxylic acids is 2. The van der Waals surface area contributed by atoms with Crippen LogP contribution in [0, 0.1) is 0 Å². The molecule has 0 aromatic heterocycles. The van der Waals surface area contributed by atoms with Crippen molar-refractivity contribution < 1.29 is 19.1 Å². The van der Waals surface area contributed by atoms with E-state index in [2.05, 4.69) is 71.0 Å². The second kappa shape index (κ2) is 13.4. The van der Waals surface area contributed by atoms with Crippen LogP contribution in [0.1, 0.15) is 39.7 Å². The molecule has 1 amide bonds. The van der Waals surface area contributed by atoms with Crippen LogP contribution < -0.4 is 5.73 Å². The van der Waals surface area contributed by atoms with Gasteiger partial charge >= 0.3 is 6.09 Å². The van der Waals surface area contributed by atoms with Gasteiger partial charge in [0.05, 0.1) is 7.11 Å². The molecule has 5 heteroatoms. The summed E-state index contributed by atoms with van der Waals surface area (Å²) in [4.78, 5) is 19.0. The summed E-state index contributed by atoms with van der Waals surface area (Å²) in [7, 11) is 1.31. The van der Waals surface area contributed by atoms with Crippen LogP contribution in [0.15, 0.2) is 54.6 Å². The van der Waals surface area contributed by atoms with Gasteiger partial charge in [0.1, 0.15) is 5.60 Å². The third kappa shape index (κ3) is 13.1. The molecule has 5 nitrogen and oxygen atoms in total. The fraction of sp³-hybridized carbons (Fsp3) is 0.364. The predicted octanol–water partition coefficient (Wildman–Crippen LogP) is 4.98. The van der Waals surface area contributed by atoms with Gasteiger partial charge in [-0.25, -0.2) is 4.79 Å². The summed E-state index contributed by atoms with van der Waals surface area (Å²) in [5.41, 5.74) is 8.29. The van der Waals surface area contributed by atoms with Crippen molar-refractivity contribution in [3.8, 4) is 11.1 Å². The lowest BCUT2D eigenvalue weighted by Crippen LogP contribution is -2.27. The lowest BCUT2D eigenvalue weighted by Gasteiger charge is -2.16. The molecule has 0 atom stereocenters. The molecule has 0 saturated heterocycles. The maximum atomic E-state index is 10.0. The van der Waals surface area contributed by atoms with Crippen molar-refractivity contribution in [2.45, 2.75) is 46.1 Å². The van der Waals surface area contributed by atoms with E-state index in [1.54, 1.807) is 20.8 Å². The first-order valence-corrected chi connectivity index (χ1v) is 8.82. The van der Waals surface area contributed by atoms with Gasteiger partial charge in [0.25, 0.3) is 6.47 Å². The van der Waals surface area contributed by atoms with Crippen LogP contribution >= 0.6 is 0 Å². The molecule has 0 unspecified atom stereocenters.